The van der Waals surface area contributed by atoms with Gasteiger partial charge in [-0.2, -0.15) is 0 Å². The maximum absolute atomic E-state index is 13.8. The molecule has 0 saturated carbocycles. The first kappa shape index (κ1) is 14.4. The second-order valence-corrected chi connectivity index (χ2v) is 5.10. The van der Waals surface area contributed by atoms with E-state index >= 15 is 0 Å². The minimum Gasteiger partial charge on any atom is -0.342 e. The molecule has 20 heavy (non-hydrogen) atoms. The molecule has 0 spiro atoms. The van der Waals surface area contributed by atoms with Crippen molar-refractivity contribution in [2.45, 2.75) is 25.8 Å². The van der Waals surface area contributed by atoms with Gasteiger partial charge in [0, 0.05) is 25.1 Å². The quantitative estimate of drug-likeness (QED) is 0.799. The van der Waals surface area contributed by atoms with Crippen LogP contribution in [0.2, 0.25) is 0 Å². The summed E-state index contributed by atoms with van der Waals surface area (Å²) >= 11 is 0. The van der Waals surface area contributed by atoms with Crippen LogP contribution in [0.15, 0.2) is 12.1 Å². The largest absolute Gasteiger partial charge is 0.342 e. The lowest BCUT2D eigenvalue weighted by Gasteiger charge is -2.29. The summed E-state index contributed by atoms with van der Waals surface area (Å²) in [6.45, 7) is 2.82. The van der Waals surface area contributed by atoms with E-state index in [-0.39, 0.29) is 24.6 Å². The van der Waals surface area contributed by atoms with Crippen molar-refractivity contribution >= 4 is 17.5 Å². The number of nitrogens with one attached hydrogen (secondary N) is 1. The lowest BCUT2D eigenvalue weighted by atomic mass is 10.0. The number of benzene rings is 1. The molecule has 2 rings (SSSR count). The summed E-state index contributed by atoms with van der Waals surface area (Å²) in [4.78, 5) is 24.8. The van der Waals surface area contributed by atoms with E-state index in [0.29, 0.717) is 12.1 Å². The number of hydrogen-bond donors (Lipinski definition) is 1. The minimum atomic E-state index is -1.33. The van der Waals surface area contributed by atoms with Crippen LogP contribution in [0, 0.1) is 17.5 Å². The SMILES string of the molecule is CC1(C)NC(=O)CCN(c2cc(F)c(F)cc2F)C1=O. The molecule has 0 unspecified atom stereocenters. The number of rotatable bonds is 1. The molecule has 1 aliphatic heterocycles. The van der Waals surface area contributed by atoms with Gasteiger partial charge in [-0.3, -0.25) is 9.59 Å². The number of nitrogens with zero attached hydrogens (tertiary/aromatic N) is 1. The third-order valence-corrected chi connectivity index (χ3v) is 3.07. The third-order valence-electron chi connectivity index (χ3n) is 3.07. The van der Waals surface area contributed by atoms with Crippen LogP contribution in [0.25, 0.3) is 0 Å². The van der Waals surface area contributed by atoms with Gasteiger partial charge in [-0.05, 0) is 13.8 Å². The summed E-state index contributed by atoms with van der Waals surface area (Å²) in [5, 5.41) is 2.49. The van der Waals surface area contributed by atoms with E-state index in [4.69, 9.17) is 0 Å². The number of amides is 2. The number of carbonyl (C=O) groups excluding carboxylic acids is 2. The molecule has 1 saturated heterocycles. The van der Waals surface area contributed by atoms with E-state index in [1.165, 1.54) is 13.8 Å². The average Bonchev–Trinajstić information content (AvgIpc) is 2.43. The molecule has 1 heterocycles. The predicted octanol–water partition coefficient (Wildman–Crippen LogP) is 1.74. The van der Waals surface area contributed by atoms with Gasteiger partial charge >= 0.3 is 0 Å². The van der Waals surface area contributed by atoms with E-state index < -0.39 is 28.9 Å². The molecule has 0 aromatic heterocycles. The van der Waals surface area contributed by atoms with Crippen molar-refractivity contribution in [1.29, 1.82) is 0 Å². The van der Waals surface area contributed by atoms with Crippen molar-refractivity contribution in [3.8, 4) is 0 Å². The van der Waals surface area contributed by atoms with Crippen LogP contribution in [0.3, 0.4) is 0 Å². The monoisotopic (exact) mass is 286 g/mol. The van der Waals surface area contributed by atoms with Crippen molar-refractivity contribution in [2.24, 2.45) is 0 Å². The Balaban J connectivity index is 2.48. The highest BCUT2D eigenvalue weighted by Gasteiger charge is 2.38. The summed E-state index contributed by atoms with van der Waals surface area (Å²) < 4.78 is 39.9. The van der Waals surface area contributed by atoms with Gasteiger partial charge in [-0.15, -0.1) is 0 Å². The van der Waals surface area contributed by atoms with Gasteiger partial charge < -0.3 is 10.2 Å². The molecule has 1 N–H and O–H groups in total. The average molecular weight is 286 g/mol. The van der Waals surface area contributed by atoms with E-state index in [0.717, 1.165) is 4.90 Å². The molecular formula is C13H13F3N2O2. The molecule has 0 aliphatic carbocycles. The van der Waals surface area contributed by atoms with Crippen molar-refractivity contribution < 1.29 is 22.8 Å². The zero-order valence-electron chi connectivity index (χ0n) is 11.0. The van der Waals surface area contributed by atoms with Crippen molar-refractivity contribution in [1.82, 2.24) is 5.32 Å². The Morgan fingerprint density at radius 3 is 2.35 bits per heavy atom. The third kappa shape index (κ3) is 2.48. The van der Waals surface area contributed by atoms with E-state index in [2.05, 4.69) is 5.32 Å². The standard InChI is InChI=1S/C13H13F3N2O2/c1-13(2)12(20)18(4-3-11(19)17-13)10-6-8(15)7(14)5-9(10)16/h5-6H,3-4H2,1-2H3,(H,17,19). The summed E-state index contributed by atoms with van der Waals surface area (Å²) in [6, 6.07) is 1.000. The first-order valence-corrected chi connectivity index (χ1v) is 6.00. The van der Waals surface area contributed by atoms with Crippen LogP contribution in [0.5, 0.6) is 0 Å². The minimum absolute atomic E-state index is 0.0480. The molecule has 108 valence electrons. The first-order chi connectivity index (χ1) is 9.22. The Morgan fingerprint density at radius 2 is 1.70 bits per heavy atom. The van der Waals surface area contributed by atoms with Crippen molar-refractivity contribution in [3.05, 3.63) is 29.6 Å². The fourth-order valence-electron chi connectivity index (χ4n) is 2.07. The maximum atomic E-state index is 13.8. The normalized spacial score (nSPS) is 18.8. The van der Waals surface area contributed by atoms with E-state index in [9.17, 15) is 22.8 Å². The molecule has 0 radical (unpaired) electrons. The van der Waals surface area contributed by atoms with Gasteiger partial charge in [0.05, 0.1) is 5.69 Å². The molecule has 1 aliphatic rings. The highest BCUT2D eigenvalue weighted by Crippen LogP contribution is 2.26. The lowest BCUT2D eigenvalue weighted by molar-refractivity contribution is -0.128. The Kier molecular flexibility index (Phi) is 3.45. The maximum Gasteiger partial charge on any atom is 0.252 e. The van der Waals surface area contributed by atoms with Gasteiger partial charge in [-0.25, -0.2) is 13.2 Å². The highest BCUT2D eigenvalue weighted by molar-refractivity contribution is 6.03. The summed E-state index contributed by atoms with van der Waals surface area (Å²) in [6.07, 6.45) is -0.0480. The van der Waals surface area contributed by atoms with Crippen LogP contribution in [0.1, 0.15) is 20.3 Å². The molecule has 2 amide bonds. The summed E-state index contributed by atoms with van der Waals surface area (Å²) in [7, 11) is 0. The van der Waals surface area contributed by atoms with Gasteiger partial charge in [0.15, 0.2) is 11.6 Å². The van der Waals surface area contributed by atoms with E-state index in [1.54, 1.807) is 0 Å². The van der Waals surface area contributed by atoms with Gasteiger partial charge in [0.1, 0.15) is 11.4 Å². The molecule has 1 aromatic rings. The Bertz CT molecular complexity index is 587. The molecular weight excluding hydrogens is 273 g/mol. The Morgan fingerprint density at radius 1 is 1.10 bits per heavy atom. The fourth-order valence-corrected chi connectivity index (χ4v) is 2.07. The Hall–Kier alpha value is -2.05. The lowest BCUT2D eigenvalue weighted by Crippen LogP contribution is -2.53. The van der Waals surface area contributed by atoms with Crippen molar-refractivity contribution in [3.63, 3.8) is 0 Å². The van der Waals surface area contributed by atoms with Crippen LogP contribution in [-0.2, 0) is 9.59 Å². The number of hydrogen-bond acceptors (Lipinski definition) is 2. The van der Waals surface area contributed by atoms with Crippen LogP contribution in [-0.4, -0.2) is 23.9 Å². The summed E-state index contributed by atoms with van der Waals surface area (Å²) in [5.74, 6) is -4.60. The molecule has 1 fully saturated rings. The highest BCUT2D eigenvalue weighted by atomic mass is 19.2. The van der Waals surface area contributed by atoms with Crippen LogP contribution >= 0.6 is 0 Å². The number of carbonyl (C=O) groups is 2. The number of anilines is 1. The fraction of sp³-hybridized carbons (Fsp3) is 0.385. The van der Waals surface area contributed by atoms with E-state index in [1.807, 2.05) is 0 Å². The molecule has 4 nitrogen and oxygen atoms in total. The zero-order chi connectivity index (χ0) is 15.1. The first-order valence-electron chi connectivity index (χ1n) is 6.00. The predicted molar refractivity (Wildman–Crippen MR) is 65.5 cm³/mol. The van der Waals surface area contributed by atoms with Gasteiger partial charge in [0.2, 0.25) is 5.91 Å². The molecule has 0 bridgehead atoms. The van der Waals surface area contributed by atoms with Crippen LogP contribution in [0.4, 0.5) is 18.9 Å². The molecule has 7 heteroatoms. The number of halogens is 3. The molecule has 0 atom stereocenters. The molecule has 1 aromatic carbocycles. The van der Waals surface area contributed by atoms with Gasteiger partial charge in [0.25, 0.3) is 5.91 Å². The Labute approximate surface area is 113 Å². The van der Waals surface area contributed by atoms with Gasteiger partial charge in [-0.1, -0.05) is 0 Å². The van der Waals surface area contributed by atoms with Crippen LogP contribution < -0.4 is 10.2 Å². The summed E-state index contributed by atoms with van der Waals surface area (Å²) in [5.41, 5.74) is -1.62. The zero-order valence-corrected chi connectivity index (χ0v) is 11.0. The smallest absolute Gasteiger partial charge is 0.252 e. The second kappa shape index (κ2) is 4.81. The topological polar surface area (TPSA) is 49.4 Å². The second-order valence-electron chi connectivity index (χ2n) is 5.10. The van der Waals surface area contributed by atoms with Crippen molar-refractivity contribution in [2.75, 3.05) is 11.4 Å².